The van der Waals surface area contributed by atoms with Gasteiger partial charge in [0.1, 0.15) is 0 Å². The molecule has 16 heavy (non-hydrogen) atoms. The molecule has 0 spiro atoms. The molecular formula is C13H15NO2. The molecule has 1 aromatic carbocycles. The van der Waals surface area contributed by atoms with Gasteiger partial charge in [0.2, 0.25) is 0 Å². The van der Waals surface area contributed by atoms with Gasteiger partial charge in [0, 0.05) is 23.2 Å². The fraction of sp³-hybridized carbons (Fsp3) is 0.231. The Morgan fingerprint density at radius 1 is 1.25 bits per heavy atom. The summed E-state index contributed by atoms with van der Waals surface area (Å²) in [5.41, 5.74) is 1.78. The van der Waals surface area contributed by atoms with Crippen LogP contribution in [-0.2, 0) is 4.79 Å². The number of amides is 1. The molecule has 0 radical (unpaired) electrons. The van der Waals surface area contributed by atoms with Gasteiger partial charge < -0.3 is 5.32 Å². The highest BCUT2D eigenvalue weighted by atomic mass is 16.1. The van der Waals surface area contributed by atoms with Gasteiger partial charge in [-0.25, -0.2) is 0 Å². The van der Waals surface area contributed by atoms with Gasteiger partial charge in [0.05, 0.1) is 0 Å². The van der Waals surface area contributed by atoms with Gasteiger partial charge in [-0.2, -0.15) is 0 Å². The number of nitrogens with one attached hydrogen (secondary N) is 1. The van der Waals surface area contributed by atoms with Crippen LogP contribution in [0.1, 0.15) is 30.6 Å². The van der Waals surface area contributed by atoms with Crippen LogP contribution >= 0.6 is 0 Å². The Hall–Kier alpha value is -1.90. The molecule has 3 nitrogen and oxygen atoms in total. The molecule has 1 rings (SSSR count). The van der Waals surface area contributed by atoms with Crippen molar-refractivity contribution < 1.29 is 9.59 Å². The lowest BCUT2D eigenvalue weighted by molar-refractivity contribution is -0.112. The number of anilines is 1. The molecule has 3 heteroatoms. The summed E-state index contributed by atoms with van der Waals surface area (Å²) in [6, 6.07) is 6.84. The van der Waals surface area contributed by atoms with E-state index < -0.39 is 0 Å². The molecule has 0 aliphatic rings. The highest BCUT2D eigenvalue weighted by Gasteiger charge is 2.04. The van der Waals surface area contributed by atoms with E-state index in [1.165, 1.54) is 0 Å². The number of carbonyl (C=O) groups excluding carboxylic acids is 2. The topological polar surface area (TPSA) is 46.2 Å². The average Bonchev–Trinajstić information content (AvgIpc) is 2.28. The second kappa shape index (κ2) is 5.26. The molecule has 84 valence electrons. The summed E-state index contributed by atoms with van der Waals surface area (Å²) in [6.07, 6.45) is 0.484. The van der Waals surface area contributed by atoms with Crippen LogP contribution in [0.3, 0.4) is 0 Å². The summed E-state index contributed by atoms with van der Waals surface area (Å²) in [5, 5.41) is 2.68. The molecule has 0 aliphatic carbocycles. The smallest absolute Gasteiger partial charge is 0.250 e. The van der Waals surface area contributed by atoms with Crippen LogP contribution in [0.5, 0.6) is 0 Å². The van der Waals surface area contributed by atoms with Crippen molar-refractivity contribution in [2.45, 2.75) is 20.3 Å². The molecule has 0 atom stereocenters. The van der Waals surface area contributed by atoms with Crippen LogP contribution < -0.4 is 5.32 Å². The number of ketones is 1. The summed E-state index contributed by atoms with van der Waals surface area (Å²) in [5.74, 6) is -0.118. The van der Waals surface area contributed by atoms with Crippen molar-refractivity contribution in [2.24, 2.45) is 0 Å². The third-order valence-corrected chi connectivity index (χ3v) is 2.17. The lowest BCUT2D eigenvalue weighted by Gasteiger charge is -2.05. The van der Waals surface area contributed by atoms with E-state index in [2.05, 4.69) is 11.9 Å². The summed E-state index contributed by atoms with van der Waals surface area (Å²) in [7, 11) is 0. The summed E-state index contributed by atoms with van der Waals surface area (Å²) >= 11 is 0. The minimum Gasteiger partial charge on any atom is -0.322 e. The standard InChI is InChI=1S/C13H15NO2/c1-4-12(15)10-5-7-11(8-6-10)14-13(16)9(2)3/h5-8H,2,4H2,1,3H3,(H,14,16). The number of Topliss-reactive ketones (excluding diaryl/α,β-unsaturated/α-hetero) is 1. The van der Waals surface area contributed by atoms with Crippen LogP contribution in [0.4, 0.5) is 5.69 Å². The second-order valence-electron chi connectivity index (χ2n) is 3.59. The molecule has 1 N–H and O–H groups in total. The molecule has 0 bridgehead atoms. The van der Waals surface area contributed by atoms with Gasteiger partial charge in [-0.1, -0.05) is 13.5 Å². The Balaban J connectivity index is 2.76. The molecule has 1 aromatic rings. The van der Waals surface area contributed by atoms with Crippen molar-refractivity contribution in [3.63, 3.8) is 0 Å². The zero-order chi connectivity index (χ0) is 12.1. The average molecular weight is 217 g/mol. The first kappa shape index (κ1) is 12.2. The number of hydrogen-bond donors (Lipinski definition) is 1. The number of carbonyl (C=O) groups is 2. The molecule has 1 amide bonds. The molecule has 0 unspecified atom stereocenters. The first-order chi connectivity index (χ1) is 7.54. The van der Waals surface area contributed by atoms with Crippen molar-refractivity contribution in [1.82, 2.24) is 0 Å². The van der Waals surface area contributed by atoms with Gasteiger partial charge in [0.15, 0.2) is 5.78 Å². The fourth-order valence-electron chi connectivity index (χ4n) is 1.18. The molecular weight excluding hydrogens is 202 g/mol. The molecule has 0 aromatic heterocycles. The maximum atomic E-state index is 11.4. The van der Waals surface area contributed by atoms with Crippen molar-refractivity contribution in [3.05, 3.63) is 42.0 Å². The SMILES string of the molecule is C=C(C)C(=O)Nc1ccc(C(=O)CC)cc1. The van der Waals surface area contributed by atoms with Crippen LogP contribution in [0.25, 0.3) is 0 Å². The number of rotatable bonds is 4. The summed E-state index contributed by atoms with van der Waals surface area (Å²) in [6.45, 7) is 7.01. The van der Waals surface area contributed by atoms with Gasteiger partial charge in [0.25, 0.3) is 5.91 Å². The van der Waals surface area contributed by atoms with Crippen LogP contribution in [0.2, 0.25) is 0 Å². The minimum atomic E-state index is -0.213. The Bertz CT molecular complexity index is 418. The molecule has 0 fully saturated rings. The van der Waals surface area contributed by atoms with Gasteiger partial charge in [-0.15, -0.1) is 0 Å². The monoisotopic (exact) mass is 217 g/mol. The van der Waals surface area contributed by atoms with Gasteiger partial charge >= 0.3 is 0 Å². The number of hydrogen-bond acceptors (Lipinski definition) is 2. The first-order valence-corrected chi connectivity index (χ1v) is 5.14. The maximum Gasteiger partial charge on any atom is 0.250 e. The maximum absolute atomic E-state index is 11.4. The lowest BCUT2D eigenvalue weighted by atomic mass is 10.1. The third kappa shape index (κ3) is 3.05. The second-order valence-corrected chi connectivity index (χ2v) is 3.59. The largest absolute Gasteiger partial charge is 0.322 e. The van der Waals surface area contributed by atoms with E-state index in [4.69, 9.17) is 0 Å². The van der Waals surface area contributed by atoms with E-state index in [0.717, 1.165) is 0 Å². The van der Waals surface area contributed by atoms with Crippen molar-refractivity contribution >= 4 is 17.4 Å². The van der Waals surface area contributed by atoms with Crippen molar-refractivity contribution in [1.29, 1.82) is 0 Å². The predicted molar refractivity (Wildman–Crippen MR) is 64.5 cm³/mol. The highest BCUT2D eigenvalue weighted by molar-refractivity contribution is 6.03. The van der Waals surface area contributed by atoms with Crippen molar-refractivity contribution in [3.8, 4) is 0 Å². The summed E-state index contributed by atoms with van der Waals surface area (Å²) in [4.78, 5) is 22.7. The van der Waals surface area contributed by atoms with Crippen molar-refractivity contribution in [2.75, 3.05) is 5.32 Å². The highest BCUT2D eigenvalue weighted by Crippen LogP contribution is 2.11. The fourth-order valence-corrected chi connectivity index (χ4v) is 1.18. The van der Waals surface area contributed by atoms with Crippen LogP contribution in [0, 0.1) is 0 Å². The Labute approximate surface area is 95.2 Å². The quantitative estimate of drug-likeness (QED) is 0.622. The van der Waals surface area contributed by atoms with Gasteiger partial charge in [-0.05, 0) is 31.2 Å². The van der Waals surface area contributed by atoms with Crippen LogP contribution in [0.15, 0.2) is 36.4 Å². The lowest BCUT2D eigenvalue weighted by Crippen LogP contribution is -2.11. The molecule has 0 saturated heterocycles. The van der Waals surface area contributed by atoms with E-state index >= 15 is 0 Å². The summed E-state index contributed by atoms with van der Waals surface area (Å²) < 4.78 is 0. The first-order valence-electron chi connectivity index (χ1n) is 5.14. The Morgan fingerprint density at radius 3 is 2.25 bits per heavy atom. The van der Waals surface area contributed by atoms with E-state index in [1.54, 1.807) is 31.2 Å². The third-order valence-electron chi connectivity index (χ3n) is 2.17. The van der Waals surface area contributed by atoms with E-state index in [-0.39, 0.29) is 11.7 Å². The minimum absolute atomic E-state index is 0.0952. The Morgan fingerprint density at radius 2 is 1.81 bits per heavy atom. The number of benzene rings is 1. The molecule has 0 saturated carbocycles. The predicted octanol–water partition coefficient (Wildman–Crippen LogP) is 2.79. The van der Waals surface area contributed by atoms with E-state index in [1.807, 2.05) is 6.92 Å². The van der Waals surface area contributed by atoms with E-state index in [9.17, 15) is 9.59 Å². The zero-order valence-electron chi connectivity index (χ0n) is 9.54. The van der Waals surface area contributed by atoms with Gasteiger partial charge in [-0.3, -0.25) is 9.59 Å². The zero-order valence-corrected chi connectivity index (χ0v) is 9.54. The molecule has 0 aliphatic heterocycles. The molecule has 0 heterocycles. The van der Waals surface area contributed by atoms with E-state index in [0.29, 0.717) is 23.2 Å². The van der Waals surface area contributed by atoms with Crippen LogP contribution in [-0.4, -0.2) is 11.7 Å². The Kier molecular flexibility index (Phi) is 4.00. The normalized spacial score (nSPS) is 9.62.